The Morgan fingerprint density at radius 3 is 2.78 bits per heavy atom. The van der Waals surface area contributed by atoms with Crippen molar-refractivity contribution in [3.63, 3.8) is 0 Å². The van der Waals surface area contributed by atoms with E-state index in [2.05, 4.69) is 53.3 Å². The molecule has 1 heterocycles. The number of nitrogens with one attached hydrogen (secondary N) is 1. The number of hydrogen-bond acceptors (Lipinski definition) is 2. The predicted octanol–water partition coefficient (Wildman–Crippen LogP) is 5.32. The standard InChI is InChI=1S/C14H15BrClNS/c1-9-3-6-14(18-9)10(2)17-8-11-7-12(15)4-5-13(11)16/h3-7,10,17H,8H2,1-2H3. The van der Waals surface area contributed by atoms with E-state index in [4.69, 9.17) is 11.6 Å². The van der Waals surface area contributed by atoms with Crippen molar-refractivity contribution in [2.24, 2.45) is 0 Å². The van der Waals surface area contributed by atoms with Crippen LogP contribution in [0, 0.1) is 6.92 Å². The SMILES string of the molecule is Cc1ccc(C(C)NCc2cc(Br)ccc2Cl)s1. The molecular formula is C14H15BrClNS. The van der Waals surface area contributed by atoms with E-state index in [1.54, 1.807) is 0 Å². The smallest absolute Gasteiger partial charge is 0.0451 e. The number of hydrogen-bond donors (Lipinski definition) is 1. The Kier molecular flexibility index (Phi) is 4.84. The van der Waals surface area contributed by atoms with Gasteiger partial charge in [0.1, 0.15) is 0 Å². The summed E-state index contributed by atoms with van der Waals surface area (Å²) in [5, 5.41) is 4.31. The van der Waals surface area contributed by atoms with Gasteiger partial charge in [-0.1, -0.05) is 27.5 Å². The first-order chi connectivity index (χ1) is 8.56. The van der Waals surface area contributed by atoms with Crippen LogP contribution in [0.4, 0.5) is 0 Å². The maximum Gasteiger partial charge on any atom is 0.0451 e. The fourth-order valence-electron chi connectivity index (χ4n) is 1.73. The van der Waals surface area contributed by atoms with E-state index in [9.17, 15) is 0 Å². The van der Waals surface area contributed by atoms with E-state index in [0.29, 0.717) is 6.04 Å². The molecule has 0 fully saturated rings. The fraction of sp³-hybridized carbons (Fsp3) is 0.286. The Balaban J connectivity index is 2.01. The normalized spacial score (nSPS) is 12.7. The van der Waals surface area contributed by atoms with Gasteiger partial charge in [0.15, 0.2) is 0 Å². The summed E-state index contributed by atoms with van der Waals surface area (Å²) in [4.78, 5) is 2.71. The number of aryl methyl sites for hydroxylation is 1. The molecule has 18 heavy (non-hydrogen) atoms. The highest BCUT2D eigenvalue weighted by atomic mass is 79.9. The molecule has 0 radical (unpaired) electrons. The van der Waals surface area contributed by atoms with E-state index >= 15 is 0 Å². The summed E-state index contributed by atoms with van der Waals surface area (Å²) in [5.74, 6) is 0. The van der Waals surface area contributed by atoms with Gasteiger partial charge in [-0.2, -0.15) is 0 Å². The van der Waals surface area contributed by atoms with Crippen LogP contribution in [-0.2, 0) is 6.54 Å². The van der Waals surface area contributed by atoms with E-state index in [-0.39, 0.29) is 0 Å². The first kappa shape index (κ1) is 14.1. The zero-order chi connectivity index (χ0) is 13.1. The number of thiophene rings is 1. The van der Waals surface area contributed by atoms with Gasteiger partial charge in [0.05, 0.1) is 0 Å². The highest BCUT2D eigenvalue weighted by Crippen LogP contribution is 2.24. The van der Waals surface area contributed by atoms with Crippen molar-refractivity contribution in [1.29, 1.82) is 0 Å². The van der Waals surface area contributed by atoms with Crippen molar-refractivity contribution in [3.05, 3.63) is 55.1 Å². The Labute approximate surface area is 125 Å². The second-order valence-electron chi connectivity index (χ2n) is 4.29. The van der Waals surface area contributed by atoms with Gasteiger partial charge < -0.3 is 5.32 Å². The number of benzene rings is 1. The van der Waals surface area contributed by atoms with Crippen LogP contribution in [0.5, 0.6) is 0 Å². The fourth-order valence-corrected chi connectivity index (χ4v) is 3.23. The highest BCUT2D eigenvalue weighted by molar-refractivity contribution is 9.10. The van der Waals surface area contributed by atoms with Crippen LogP contribution in [0.25, 0.3) is 0 Å². The van der Waals surface area contributed by atoms with Crippen LogP contribution in [0.3, 0.4) is 0 Å². The average molecular weight is 345 g/mol. The van der Waals surface area contributed by atoms with Gasteiger partial charge in [0, 0.05) is 31.8 Å². The van der Waals surface area contributed by atoms with Crippen molar-refractivity contribution in [1.82, 2.24) is 5.32 Å². The first-order valence-electron chi connectivity index (χ1n) is 5.80. The Hall–Kier alpha value is -0.350. The molecule has 4 heteroatoms. The van der Waals surface area contributed by atoms with Gasteiger partial charge >= 0.3 is 0 Å². The van der Waals surface area contributed by atoms with Crippen LogP contribution in [0.15, 0.2) is 34.8 Å². The third-order valence-electron chi connectivity index (χ3n) is 2.79. The maximum atomic E-state index is 6.17. The molecule has 0 amide bonds. The molecule has 0 saturated heterocycles. The summed E-state index contributed by atoms with van der Waals surface area (Å²) < 4.78 is 1.06. The average Bonchev–Trinajstić information content (AvgIpc) is 2.77. The summed E-state index contributed by atoms with van der Waals surface area (Å²) >= 11 is 11.5. The molecule has 0 aliphatic carbocycles. The van der Waals surface area contributed by atoms with Gasteiger partial charge in [0.25, 0.3) is 0 Å². The van der Waals surface area contributed by atoms with E-state index in [0.717, 1.165) is 21.6 Å². The summed E-state index contributed by atoms with van der Waals surface area (Å²) in [7, 11) is 0. The molecule has 0 aliphatic rings. The molecule has 96 valence electrons. The van der Waals surface area contributed by atoms with Crippen molar-refractivity contribution < 1.29 is 0 Å². The Morgan fingerprint density at radius 1 is 1.33 bits per heavy atom. The van der Waals surface area contributed by atoms with E-state index in [1.165, 1.54) is 9.75 Å². The van der Waals surface area contributed by atoms with Gasteiger partial charge in [0.2, 0.25) is 0 Å². The third-order valence-corrected chi connectivity index (χ3v) is 4.84. The molecule has 1 aromatic heterocycles. The zero-order valence-electron chi connectivity index (χ0n) is 10.3. The predicted molar refractivity (Wildman–Crippen MR) is 83.5 cm³/mol. The van der Waals surface area contributed by atoms with Gasteiger partial charge in [-0.25, -0.2) is 0 Å². The molecule has 0 bridgehead atoms. The minimum atomic E-state index is 0.346. The number of rotatable bonds is 4. The molecular weight excluding hydrogens is 330 g/mol. The quantitative estimate of drug-likeness (QED) is 0.791. The molecule has 1 atom stereocenters. The van der Waals surface area contributed by atoms with Crippen molar-refractivity contribution in [2.75, 3.05) is 0 Å². The molecule has 2 rings (SSSR count). The van der Waals surface area contributed by atoms with Gasteiger partial charge in [-0.05, 0) is 49.7 Å². The monoisotopic (exact) mass is 343 g/mol. The molecule has 0 spiro atoms. The lowest BCUT2D eigenvalue weighted by atomic mass is 10.2. The molecule has 1 nitrogen and oxygen atoms in total. The summed E-state index contributed by atoms with van der Waals surface area (Å²) in [6, 6.07) is 10.6. The van der Waals surface area contributed by atoms with E-state index < -0.39 is 0 Å². The summed E-state index contributed by atoms with van der Waals surface area (Å²) in [6.07, 6.45) is 0. The topological polar surface area (TPSA) is 12.0 Å². The molecule has 1 aromatic carbocycles. The summed E-state index contributed by atoms with van der Waals surface area (Å²) in [6.45, 7) is 5.08. The van der Waals surface area contributed by atoms with Crippen molar-refractivity contribution in [3.8, 4) is 0 Å². The zero-order valence-corrected chi connectivity index (χ0v) is 13.5. The van der Waals surface area contributed by atoms with Crippen molar-refractivity contribution >= 4 is 38.9 Å². The van der Waals surface area contributed by atoms with Crippen LogP contribution in [-0.4, -0.2) is 0 Å². The summed E-state index contributed by atoms with van der Waals surface area (Å²) in [5.41, 5.74) is 1.12. The van der Waals surface area contributed by atoms with Crippen LogP contribution < -0.4 is 5.32 Å². The van der Waals surface area contributed by atoms with Crippen LogP contribution in [0.2, 0.25) is 5.02 Å². The molecule has 1 N–H and O–H groups in total. The Morgan fingerprint density at radius 2 is 2.11 bits per heavy atom. The lowest BCUT2D eigenvalue weighted by Crippen LogP contribution is -2.17. The molecule has 0 saturated carbocycles. The lowest BCUT2D eigenvalue weighted by Gasteiger charge is -2.13. The second-order valence-corrected chi connectivity index (χ2v) is 6.93. The lowest BCUT2D eigenvalue weighted by molar-refractivity contribution is 0.583. The second kappa shape index (κ2) is 6.20. The first-order valence-corrected chi connectivity index (χ1v) is 7.78. The minimum Gasteiger partial charge on any atom is -0.305 e. The maximum absolute atomic E-state index is 6.17. The number of halogens is 2. The highest BCUT2D eigenvalue weighted by Gasteiger charge is 2.08. The minimum absolute atomic E-state index is 0.346. The van der Waals surface area contributed by atoms with E-state index in [1.807, 2.05) is 23.5 Å². The molecule has 0 aliphatic heterocycles. The van der Waals surface area contributed by atoms with Gasteiger partial charge in [-0.3, -0.25) is 0 Å². The molecule has 1 unspecified atom stereocenters. The third kappa shape index (κ3) is 3.58. The molecule has 2 aromatic rings. The van der Waals surface area contributed by atoms with Crippen molar-refractivity contribution in [2.45, 2.75) is 26.4 Å². The Bertz CT molecular complexity index is 538. The van der Waals surface area contributed by atoms with Crippen LogP contribution >= 0.6 is 38.9 Å². The largest absolute Gasteiger partial charge is 0.305 e. The van der Waals surface area contributed by atoms with Gasteiger partial charge in [-0.15, -0.1) is 11.3 Å². The van der Waals surface area contributed by atoms with Crippen LogP contribution in [0.1, 0.15) is 28.3 Å².